The molecule has 1 aromatic heterocycles. The molecule has 2 aromatic rings. The van der Waals surface area contributed by atoms with Crippen molar-refractivity contribution in [2.75, 3.05) is 20.8 Å². The molecule has 22 heavy (non-hydrogen) atoms. The Morgan fingerprint density at radius 1 is 1.45 bits per heavy atom. The Balaban J connectivity index is 1.67. The summed E-state index contributed by atoms with van der Waals surface area (Å²) in [5, 5.41) is 3.82. The molecule has 1 aliphatic rings. The highest BCUT2D eigenvalue weighted by atomic mass is 16.5. The third-order valence-electron chi connectivity index (χ3n) is 3.80. The van der Waals surface area contributed by atoms with Gasteiger partial charge >= 0.3 is 0 Å². The van der Waals surface area contributed by atoms with Crippen molar-refractivity contribution in [3.8, 4) is 11.5 Å². The second-order valence-electron chi connectivity index (χ2n) is 5.37. The summed E-state index contributed by atoms with van der Waals surface area (Å²) in [5.41, 5.74) is 1.76. The first-order valence-corrected chi connectivity index (χ1v) is 7.11. The molecule has 0 saturated carbocycles. The van der Waals surface area contributed by atoms with Crippen LogP contribution < -0.4 is 9.47 Å². The first kappa shape index (κ1) is 14.4. The van der Waals surface area contributed by atoms with Gasteiger partial charge in [-0.3, -0.25) is 4.79 Å². The highest BCUT2D eigenvalue weighted by Crippen LogP contribution is 2.31. The van der Waals surface area contributed by atoms with E-state index in [4.69, 9.17) is 14.0 Å². The Hall–Kier alpha value is -2.50. The molecule has 0 fully saturated rings. The van der Waals surface area contributed by atoms with Crippen molar-refractivity contribution in [1.29, 1.82) is 0 Å². The van der Waals surface area contributed by atoms with E-state index in [1.165, 1.54) is 6.26 Å². The number of methoxy groups -OCH3 is 1. The maximum Gasteiger partial charge on any atom is 0.229 e. The van der Waals surface area contributed by atoms with Crippen LogP contribution in [0, 0.1) is 5.92 Å². The zero-order valence-corrected chi connectivity index (χ0v) is 12.6. The lowest BCUT2D eigenvalue weighted by Gasteiger charge is -2.28. The molecule has 3 rings (SSSR count). The van der Waals surface area contributed by atoms with Crippen molar-refractivity contribution in [3.63, 3.8) is 0 Å². The van der Waals surface area contributed by atoms with Gasteiger partial charge in [0.2, 0.25) is 5.91 Å². The van der Waals surface area contributed by atoms with Crippen LogP contribution in [0.25, 0.3) is 0 Å². The molecular weight excluding hydrogens is 284 g/mol. The van der Waals surface area contributed by atoms with Crippen LogP contribution >= 0.6 is 0 Å². The van der Waals surface area contributed by atoms with Gasteiger partial charge in [0.05, 0.1) is 19.6 Å². The van der Waals surface area contributed by atoms with Gasteiger partial charge in [-0.1, -0.05) is 11.2 Å². The number of fused-ring (bicyclic) bond motifs is 1. The van der Waals surface area contributed by atoms with E-state index >= 15 is 0 Å². The van der Waals surface area contributed by atoms with Gasteiger partial charge in [0, 0.05) is 19.2 Å². The monoisotopic (exact) mass is 302 g/mol. The molecule has 6 heteroatoms. The van der Waals surface area contributed by atoms with Crippen LogP contribution in [-0.4, -0.2) is 36.7 Å². The van der Waals surface area contributed by atoms with Gasteiger partial charge in [-0.05, 0) is 18.1 Å². The summed E-state index contributed by atoms with van der Waals surface area (Å²) < 4.78 is 15.7. The van der Waals surface area contributed by atoms with Crippen molar-refractivity contribution in [2.24, 2.45) is 5.92 Å². The van der Waals surface area contributed by atoms with E-state index in [0.29, 0.717) is 19.6 Å². The Labute approximate surface area is 128 Å². The van der Waals surface area contributed by atoms with Crippen molar-refractivity contribution >= 4 is 5.91 Å². The molecule has 1 atom stereocenters. The average Bonchev–Trinajstić information content (AvgIpc) is 3.06. The largest absolute Gasteiger partial charge is 0.497 e. The highest BCUT2D eigenvalue weighted by Gasteiger charge is 2.28. The van der Waals surface area contributed by atoms with Crippen LogP contribution in [0.3, 0.4) is 0 Å². The van der Waals surface area contributed by atoms with Crippen LogP contribution in [0.1, 0.15) is 11.3 Å². The van der Waals surface area contributed by atoms with E-state index < -0.39 is 0 Å². The molecule has 6 nitrogen and oxygen atoms in total. The van der Waals surface area contributed by atoms with E-state index in [2.05, 4.69) is 5.16 Å². The van der Waals surface area contributed by atoms with Crippen molar-refractivity contribution in [3.05, 3.63) is 41.8 Å². The second-order valence-corrected chi connectivity index (χ2v) is 5.37. The van der Waals surface area contributed by atoms with E-state index in [1.807, 2.05) is 18.2 Å². The first-order chi connectivity index (χ1) is 10.7. The average molecular weight is 302 g/mol. The molecule has 1 aromatic carbocycles. The third-order valence-corrected chi connectivity index (χ3v) is 3.80. The normalized spacial score (nSPS) is 16.5. The number of rotatable bonds is 4. The summed E-state index contributed by atoms with van der Waals surface area (Å²) in [5.74, 6) is 1.41. The SMILES string of the molecule is COc1ccc2c(c1)OC[C@H](C(=O)N(C)Cc1ccon1)C2. The van der Waals surface area contributed by atoms with Gasteiger partial charge in [0.25, 0.3) is 0 Å². The quantitative estimate of drug-likeness (QED) is 0.863. The predicted octanol–water partition coefficient (Wildman–Crippen LogP) is 1.89. The van der Waals surface area contributed by atoms with Gasteiger partial charge in [0.15, 0.2) is 0 Å². The fraction of sp³-hybridized carbons (Fsp3) is 0.375. The number of carbonyl (C=O) groups excluding carboxylic acids is 1. The van der Waals surface area contributed by atoms with E-state index in [9.17, 15) is 4.79 Å². The number of hydrogen-bond donors (Lipinski definition) is 0. The fourth-order valence-electron chi connectivity index (χ4n) is 2.59. The number of carbonyl (C=O) groups is 1. The molecule has 0 aliphatic carbocycles. The minimum atomic E-state index is -0.183. The van der Waals surface area contributed by atoms with Crippen molar-refractivity contribution in [1.82, 2.24) is 10.1 Å². The molecule has 0 bridgehead atoms. The summed E-state index contributed by atoms with van der Waals surface area (Å²) >= 11 is 0. The van der Waals surface area contributed by atoms with Gasteiger partial charge in [-0.15, -0.1) is 0 Å². The summed E-state index contributed by atoms with van der Waals surface area (Å²) in [4.78, 5) is 14.2. The maximum atomic E-state index is 12.5. The Morgan fingerprint density at radius 3 is 3.05 bits per heavy atom. The number of aromatic nitrogens is 1. The first-order valence-electron chi connectivity index (χ1n) is 7.11. The topological polar surface area (TPSA) is 64.8 Å². The summed E-state index contributed by atoms with van der Waals surface area (Å²) in [6.45, 7) is 0.809. The second kappa shape index (κ2) is 6.09. The molecule has 0 spiro atoms. The van der Waals surface area contributed by atoms with Gasteiger partial charge < -0.3 is 18.9 Å². The van der Waals surface area contributed by atoms with Crippen LogP contribution in [0.5, 0.6) is 11.5 Å². The summed E-state index contributed by atoms with van der Waals surface area (Å²) in [6, 6.07) is 7.44. The minimum Gasteiger partial charge on any atom is -0.497 e. The Kier molecular flexibility index (Phi) is 4.00. The number of hydrogen-bond acceptors (Lipinski definition) is 5. The van der Waals surface area contributed by atoms with Crippen LogP contribution in [0.2, 0.25) is 0 Å². The number of benzene rings is 1. The molecule has 0 radical (unpaired) electrons. The van der Waals surface area contributed by atoms with Crippen LogP contribution in [0.4, 0.5) is 0 Å². The van der Waals surface area contributed by atoms with Crippen molar-refractivity contribution < 1.29 is 18.8 Å². The Morgan fingerprint density at radius 2 is 2.32 bits per heavy atom. The zero-order valence-electron chi connectivity index (χ0n) is 12.6. The molecule has 1 aliphatic heterocycles. The van der Waals surface area contributed by atoms with Crippen molar-refractivity contribution in [2.45, 2.75) is 13.0 Å². The van der Waals surface area contributed by atoms with Crippen LogP contribution in [-0.2, 0) is 17.8 Å². The predicted molar refractivity (Wildman–Crippen MR) is 78.7 cm³/mol. The summed E-state index contributed by atoms with van der Waals surface area (Å²) in [6.07, 6.45) is 2.17. The summed E-state index contributed by atoms with van der Waals surface area (Å²) in [7, 11) is 3.39. The van der Waals surface area contributed by atoms with E-state index in [0.717, 1.165) is 22.8 Å². The van der Waals surface area contributed by atoms with E-state index in [-0.39, 0.29) is 11.8 Å². The molecular formula is C16H18N2O4. The van der Waals surface area contributed by atoms with E-state index in [1.54, 1.807) is 25.1 Å². The van der Waals surface area contributed by atoms with Gasteiger partial charge in [-0.25, -0.2) is 0 Å². The lowest BCUT2D eigenvalue weighted by Crippen LogP contribution is -2.38. The fourth-order valence-corrected chi connectivity index (χ4v) is 2.59. The Bertz CT molecular complexity index is 654. The van der Waals surface area contributed by atoms with Crippen LogP contribution in [0.15, 0.2) is 35.1 Å². The molecule has 116 valence electrons. The number of nitrogens with zero attached hydrogens (tertiary/aromatic N) is 2. The third kappa shape index (κ3) is 2.90. The molecule has 0 unspecified atom stereocenters. The molecule has 2 heterocycles. The molecule has 0 N–H and O–H groups in total. The van der Waals surface area contributed by atoms with Gasteiger partial charge in [0.1, 0.15) is 30.1 Å². The smallest absolute Gasteiger partial charge is 0.229 e. The number of amides is 1. The lowest BCUT2D eigenvalue weighted by molar-refractivity contribution is -0.136. The maximum absolute atomic E-state index is 12.5. The molecule has 1 amide bonds. The minimum absolute atomic E-state index is 0.0458. The lowest BCUT2D eigenvalue weighted by atomic mass is 9.95. The number of ether oxygens (including phenoxy) is 2. The van der Waals surface area contributed by atoms with Gasteiger partial charge in [-0.2, -0.15) is 0 Å². The highest BCUT2D eigenvalue weighted by molar-refractivity contribution is 5.79. The zero-order chi connectivity index (χ0) is 15.5. The standard InChI is InChI=1S/C16H18N2O4/c1-18(9-13-5-6-22-17-13)16(19)12-7-11-3-4-14(20-2)8-15(11)21-10-12/h3-6,8,12H,7,9-10H2,1-2H3/t12-/m1/s1. The molecule has 0 saturated heterocycles.